The summed E-state index contributed by atoms with van der Waals surface area (Å²) in [5.41, 5.74) is 6.88. The minimum Gasteiger partial charge on any atom is -0.350 e. The number of hydrogen-bond acceptors (Lipinski definition) is 3. The van der Waals surface area contributed by atoms with Crippen LogP contribution in [0.5, 0.6) is 0 Å². The predicted octanol–water partition coefficient (Wildman–Crippen LogP) is 2.53. The molecule has 1 aliphatic rings. The van der Waals surface area contributed by atoms with Gasteiger partial charge in [-0.25, -0.2) is 5.43 Å². The van der Waals surface area contributed by atoms with Crippen LogP contribution in [0.15, 0.2) is 23.3 Å². The largest absolute Gasteiger partial charge is 0.350 e. The lowest BCUT2D eigenvalue weighted by Gasteiger charge is -2.17. The summed E-state index contributed by atoms with van der Waals surface area (Å²) >= 11 is 0. The smallest absolute Gasteiger partial charge is 0.240 e. The molecule has 1 aromatic rings. The molecular weight excluding hydrogens is 278 g/mol. The second-order valence-electron chi connectivity index (χ2n) is 5.86. The molecule has 0 radical (unpaired) electrons. The van der Waals surface area contributed by atoms with E-state index in [0.717, 1.165) is 11.3 Å². The van der Waals surface area contributed by atoms with Crippen molar-refractivity contribution in [1.29, 1.82) is 0 Å². The van der Waals surface area contributed by atoms with Crippen molar-refractivity contribution in [3.05, 3.63) is 34.9 Å². The third-order valence-corrected chi connectivity index (χ3v) is 3.89. The van der Waals surface area contributed by atoms with Gasteiger partial charge in [0.05, 0.1) is 6.04 Å². The zero-order chi connectivity index (χ0) is 16.1. The maximum Gasteiger partial charge on any atom is 0.240 e. The highest BCUT2D eigenvalue weighted by atomic mass is 16.2. The number of carbonyl (C=O) groups is 2. The molecule has 22 heavy (non-hydrogen) atoms. The molecule has 0 saturated heterocycles. The topological polar surface area (TPSA) is 70.6 Å². The minimum absolute atomic E-state index is 0.00655. The van der Waals surface area contributed by atoms with Crippen LogP contribution in [0, 0.1) is 13.8 Å². The zero-order valence-electron chi connectivity index (χ0n) is 13.4. The highest BCUT2D eigenvalue weighted by Crippen LogP contribution is 2.18. The number of nitrogens with one attached hydrogen (secondary N) is 2. The van der Waals surface area contributed by atoms with Gasteiger partial charge in [0.15, 0.2) is 0 Å². The Hall–Kier alpha value is -2.17. The molecule has 1 aliphatic heterocycles. The normalized spacial score (nSPS) is 15.8. The van der Waals surface area contributed by atoms with Gasteiger partial charge < -0.3 is 5.32 Å². The van der Waals surface area contributed by atoms with E-state index in [-0.39, 0.29) is 17.9 Å². The summed E-state index contributed by atoms with van der Waals surface area (Å²) in [4.78, 5) is 23.1. The molecule has 0 spiro atoms. The molecule has 5 heteroatoms. The highest BCUT2D eigenvalue weighted by molar-refractivity contribution is 5.94. The molecule has 0 aromatic heterocycles. The molecular formula is C17H23N3O2. The van der Waals surface area contributed by atoms with E-state index in [9.17, 15) is 9.59 Å². The van der Waals surface area contributed by atoms with Gasteiger partial charge in [-0.2, -0.15) is 5.10 Å². The van der Waals surface area contributed by atoms with Crippen molar-refractivity contribution in [3.63, 3.8) is 0 Å². The molecule has 1 atom stereocenters. The molecule has 1 heterocycles. The molecule has 0 fully saturated rings. The first-order chi connectivity index (χ1) is 10.5. The molecule has 0 saturated carbocycles. The third kappa shape index (κ3) is 4.41. The number of hydrazone groups is 1. The van der Waals surface area contributed by atoms with Gasteiger partial charge in [0, 0.05) is 18.6 Å². The monoisotopic (exact) mass is 301 g/mol. The Morgan fingerprint density at radius 3 is 2.77 bits per heavy atom. The van der Waals surface area contributed by atoms with Crippen LogP contribution in [0.25, 0.3) is 0 Å². The maximum atomic E-state index is 12.1. The Kier molecular flexibility index (Phi) is 5.31. The number of aryl methyl sites for hydroxylation is 2. The first-order valence-corrected chi connectivity index (χ1v) is 7.66. The highest BCUT2D eigenvalue weighted by Gasteiger charge is 2.15. The first-order valence-electron chi connectivity index (χ1n) is 7.66. The fourth-order valence-electron chi connectivity index (χ4n) is 2.65. The second kappa shape index (κ2) is 7.20. The summed E-state index contributed by atoms with van der Waals surface area (Å²) in [7, 11) is 0. The van der Waals surface area contributed by atoms with E-state index in [0.29, 0.717) is 25.7 Å². The molecule has 0 aliphatic carbocycles. The molecule has 1 aromatic carbocycles. The summed E-state index contributed by atoms with van der Waals surface area (Å²) in [6.07, 6.45) is 2.08. The van der Waals surface area contributed by atoms with Gasteiger partial charge in [-0.1, -0.05) is 23.8 Å². The number of amides is 2. The standard InChI is InChI=1S/C17H23N3O2/c1-11-4-7-15(12(2)10-11)13(3)18-16(21)8-5-14-6-9-17(22)20-19-14/h4,7,10,13H,5-6,8-9H2,1-3H3,(H,18,21)(H,20,22). The van der Waals surface area contributed by atoms with Gasteiger partial charge in [-0.15, -0.1) is 0 Å². The van der Waals surface area contributed by atoms with Gasteiger partial charge in [0.2, 0.25) is 11.8 Å². The summed E-state index contributed by atoms with van der Waals surface area (Å²) in [5.74, 6) is -0.0521. The van der Waals surface area contributed by atoms with E-state index in [4.69, 9.17) is 0 Å². The number of hydrogen-bond donors (Lipinski definition) is 2. The molecule has 2 rings (SSSR count). The Morgan fingerprint density at radius 1 is 1.36 bits per heavy atom. The minimum atomic E-state index is -0.0586. The number of nitrogens with zero attached hydrogens (tertiary/aromatic N) is 1. The van der Waals surface area contributed by atoms with Crippen molar-refractivity contribution in [3.8, 4) is 0 Å². The molecule has 118 valence electrons. The van der Waals surface area contributed by atoms with Crippen LogP contribution in [-0.4, -0.2) is 17.5 Å². The van der Waals surface area contributed by atoms with E-state index in [1.807, 2.05) is 6.92 Å². The molecule has 2 amide bonds. The third-order valence-electron chi connectivity index (χ3n) is 3.89. The Bertz CT molecular complexity index is 608. The van der Waals surface area contributed by atoms with Crippen LogP contribution < -0.4 is 10.7 Å². The lowest BCUT2D eigenvalue weighted by atomic mass is 10.00. The lowest BCUT2D eigenvalue weighted by Crippen LogP contribution is -2.29. The quantitative estimate of drug-likeness (QED) is 0.877. The average molecular weight is 301 g/mol. The first kappa shape index (κ1) is 16.2. The molecule has 5 nitrogen and oxygen atoms in total. The Balaban J connectivity index is 1.85. The SMILES string of the molecule is Cc1ccc(C(C)NC(=O)CCC2=NNC(=O)CC2)c(C)c1. The molecule has 2 N–H and O–H groups in total. The van der Waals surface area contributed by atoms with Crippen LogP contribution in [0.2, 0.25) is 0 Å². The number of benzene rings is 1. The van der Waals surface area contributed by atoms with Gasteiger partial charge >= 0.3 is 0 Å². The fraction of sp³-hybridized carbons (Fsp3) is 0.471. The van der Waals surface area contributed by atoms with Gasteiger partial charge in [0.1, 0.15) is 0 Å². The lowest BCUT2D eigenvalue weighted by molar-refractivity contribution is -0.121. The fourth-order valence-corrected chi connectivity index (χ4v) is 2.65. The van der Waals surface area contributed by atoms with E-state index >= 15 is 0 Å². The Morgan fingerprint density at radius 2 is 2.14 bits per heavy atom. The summed E-state index contributed by atoms with van der Waals surface area (Å²) in [6, 6.07) is 6.24. The van der Waals surface area contributed by atoms with E-state index in [1.54, 1.807) is 0 Å². The van der Waals surface area contributed by atoms with Crippen molar-refractivity contribution < 1.29 is 9.59 Å². The van der Waals surface area contributed by atoms with Gasteiger partial charge in [0.25, 0.3) is 0 Å². The van der Waals surface area contributed by atoms with Crippen LogP contribution >= 0.6 is 0 Å². The second-order valence-corrected chi connectivity index (χ2v) is 5.86. The van der Waals surface area contributed by atoms with Crippen molar-refractivity contribution in [2.24, 2.45) is 5.10 Å². The number of carbonyl (C=O) groups excluding carboxylic acids is 2. The van der Waals surface area contributed by atoms with E-state index in [2.05, 4.69) is 47.9 Å². The maximum absolute atomic E-state index is 12.1. The van der Waals surface area contributed by atoms with Crippen molar-refractivity contribution in [2.75, 3.05) is 0 Å². The van der Waals surface area contributed by atoms with Crippen LogP contribution in [0.3, 0.4) is 0 Å². The summed E-state index contributed by atoms with van der Waals surface area (Å²) < 4.78 is 0. The average Bonchev–Trinajstić information content (AvgIpc) is 2.46. The van der Waals surface area contributed by atoms with E-state index < -0.39 is 0 Å². The van der Waals surface area contributed by atoms with Crippen LogP contribution in [0.4, 0.5) is 0 Å². The summed E-state index contributed by atoms with van der Waals surface area (Å²) in [5, 5.41) is 7.00. The molecule has 1 unspecified atom stereocenters. The van der Waals surface area contributed by atoms with Crippen molar-refractivity contribution in [2.45, 2.75) is 52.5 Å². The van der Waals surface area contributed by atoms with Crippen molar-refractivity contribution >= 4 is 17.5 Å². The van der Waals surface area contributed by atoms with Crippen molar-refractivity contribution in [1.82, 2.24) is 10.7 Å². The van der Waals surface area contributed by atoms with Gasteiger partial charge in [-0.3, -0.25) is 9.59 Å². The van der Waals surface area contributed by atoms with Gasteiger partial charge in [-0.05, 0) is 44.7 Å². The number of rotatable bonds is 5. The summed E-state index contributed by atoms with van der Waals surface area (Å²) in [6.45, 7) is 6.11. The van der Waals surface area contributed by atoms with E-state index in [1.165, 1.54) is 11.1 Å². The van der Waals surface area contributed by atoms with Crippen LogP contribution in [0.1, 0.15) is 55.3 Å². The van der Waals surface area contributed by atoms with Crippen LogP contribution in [-0.2, 0) is 9.59 Å². The molecule has 0 bridgehead atoms. The predicted molar refractivity (Wildman–Crippen MR) is 86.5 cm³/mol. The Labute approximate surface area is 131 Å². The zero-order valence-corrected chi connectivity index (χ0v) is 13.4.